The van der Waals surface area contributed by atoms with E-state index in [1.165, 1.54) is 19.3 Å². The second-order valence-electron chi connectivity index (χ2n) is 3.43. The first-order valence-corrected chi connectivity index (χ1v) is 5.50. The predicted molar refractivity (Wildman–Crippen MR) is 62.9 cm³/mol. The Hall–Kier alpha value is -1.04. The van der Waals surface area contributed by atoms with E-state index in [4.69, 9.17) is 0 Å². The molecule has 0 saturated carbocycles. The summed E-state index contributed by atoms with van der Waals surface area (Å²) in [6.07, 6.45) is 25.5. The molecular formula is C14H19. The Balaban J connectivity index is 2.34. The van der Waals surface area contributed by atoms with Gasteiger partial charge in [0.25, 0.3) is 0 Å². The third-order valence-corrected chi connectivity index (χ3v) is 2.15. The third-order valence-electron chi connectivity index (χ3n) is 2.15. The molecule has 0 N–H and O–H groups in total. The second-order valence-corrected chi connectivity index (χ2v) is 3.43. The summed E-state index contributed by atoms with van der Waals surface area (Å²) in [5.74, 6) is 0. The zero-order valence-electron chi connectivity index (χ0n) is 8.78. The van der Waals surface area contributed by atoms with E-state index in [9.17, 15) is 0 Å². The van der Waals surface area contributed by atoms with E-state index in [1.54, 1.807) is 0 Å². The van der Waals surface area contributed by atoms with Gasteiger partial charge in [-0.2, -0.15) is 0 Å². The standard InChI is InChI=1S/C14H19/c1-2-4-6-8-10-12-14-13-11-9-7-5-3-1/h1-2,5-7,12,14H,3-4,9-11,13H2/b2-1-,7-5-,8-6?,14-12+. The van der Waals surface area contributed by atoms with Crippen LogP contribution in [0, 0.1) is 6.08 Å². The lowest BCUT2D eigenvalue weighted by atomic mass is 10.2. The van der Waals surface area contributed by atoms with Crippen LogP contribution in [0.4, 0.5) is 0 Å². The molecule has 14 heavy (non-hydrogen) atoms. The van der Waals surface area contributed by atoms with Gasteiger partial charge in [0.2, 0.25) is 0 Å². The van der Waals surface area contributed by atoms with Crippen LogP contribution in [0.1, 0.15) is 38.5 Å². The minimum Gasteiger partial charge on any atom is -0.0882 e. The number of allylic oxidation sites excluding steroid dienone is 8. The largest absolute Gasteiger partial charge is 0.0882 e. The fourth-order valence-corrected chi connectivity index (χ4v) is 1.34. The van der Waals surface area contributed by atoms with Gasteiger partial charge in [0.15, 0.2) is 0 Å². The van der Waals surface area contributed by atoms with E-state index < -0.39 is 0 Å². The minimum absolute atomic E-state index is 0.962. The van der Waals surface area contributed by atoms with Crippen molar-refractivity contribution in [1.29, 1.82) is 0 Å². The summed E-state index contributed by atoms with van der Waals surface area (Å²) >= 11 is 0. The smallest absolute Gasteiger partial charge is 0.00978 e. The van der Waals surface area contributed by atoms with Crippen LogP contribution in [0.3, 0.4) is 0 Å². The van der Waals surface area contributed by atoms with Gasteiger partial charge in [-0.25, -0.2) is 0 Å². The molecule has 1 radical (unpaired) electrons. The van der Waals surface area contributed by atoms with Gasteiger partial charge >= 0.3 is 0 Å². The van der Waals surface area contributed by atoms with Gasteiger partial charge in [-0.1, -0.05) is 42.5 Å². The Kier molecular flexibility index (Phi) is 6.74. The van der Waals surface area contributed by atoms with Crippen LogP contribution >= 0.6 is 0 Å². The zero-order valence-corrected chi connectivity index (χ0v) is 8.78. The first-order valence-electron chi connectivity index (χ1n) is 5.50. The maximum atomic E-state index is 3.26. The average Bonchev–Trinajstić information content (AvgIpc) is 2.22. The SMILES string of the molecule is [C]1=C/C/C=C\C/C=C\CCC/C=C/C/1. The van der Waals surface area contributed by atoms with Crippen molar-refractivity contribution in [1.82, 2.24) is 0 Å². The van der Waals surface area contributed by atoms with Crippen molar-refractivity contribution in [2.24, 2.45) is 0 Å². The van der Waals surface area contributed by atoms with E-state index in [1.807, 2.05) is 0 Å². The van der Waals surface area contributed by atoms with Gasteiger partial charge in [-0.3, -0.25) is 0 Å². The van der Waals surface area contributed by atoms with Gasteiger partial charge in [0.1, 0.15) is 0 Å². The average molecular weight is 187 g/mol. The van der Waals surface area contributed by atoms with E-state index >= 15 is 0 Å². The van der Waals surface area contributed by atoms with E-state index in [2.05, 4.69) is 48.6 Å². The summed E-state index contributed by atoms with van der Waals surface area (Å²) in [5.41, 5.74) is 0. The molecule has 0 bridgehead atoms. The molecule has 0 aromatic heterocycles. The Morgan fingerprint density at radius 3 is 2.36 bits per heavy atom. The third kappa shape index (κ3) is 6.47. The lowest BCUT2D eigenvalue weighted by Crippen LogP contribution is -1.71. The number of hydrogen-bond donors (Lipinski definition) is 0. The molecule has 0 amide bonds. The molecule has 0 fully saturated rings. The molecule has 1 aliphatic carbocycles. The van der Waals surface area contributed by atoms with Gasteiger partial charge < -0.3 is 0 Å². The fourth-order valence-electron chi connectivity index (χ4n) is 1.34. The van der Waals surface area contributed by atoms with Crippen LogP contribution in [-0.4, -0.2) is 0 Å². The molecule has 0 spiro atoms. The van der Waals surface area contributed by atoms with Crippen LogP contribution in [0.15, 0.2) is 42.5 Å². The Labute approximate surface area is 87.7 Å². The van der Waals surface area contributed by atoms with Crippen molar-refractivity contribution in [3.8, 4) is 0 Å². The molecule has 1 rings (SSSR count). The lowest BCUT2D eigenvalue weighted by Gasteiger charge is -1.91. The van der Waals surface area contributed by atoms with E-state index in [0.29, 0.717) is 0 Å². The summed E-state index contributed by atoms with van der Waals surface area (Å²) in [5, 5.41) is 0. The highest BCUT2D eigenvalue weighted by Gasteiger charge is 1.81. The molecule has 0 heterocycles. The molecule has 0 aromatic rings. The lowest BCUT2D eigenvalue weighted by molar-refractivity contribution is 0.863. The first-order chi connectivity index (χ1) is 7.00. The Morgan fingerprint density at radius 1 is 0.714 bits per heavy atom. The maximum absolute atomic E-state index is 3.26. The highest BCUT2D eigenvalue weighted by atomic mass is 13.9. The molecule has 0 heteroatoms. The minimum atomic E-state index is 0.962. The molecule has 0 aromatic carbocycles. The van der Waals surface area contributed by atoms with Gasteiger partial charge in [-0.05, 0) is 44.6 Å². The molecule has 0 saturated heterocycles. The number of hydrogen-bond acceptors (Lipinski definition) is 0. The first kappa shape index (κ1) is 11.0. The molecule has 75 valence electrons. The summed E-state index contributed by atoms with van der Waals surface area (Å²) in [4.78, 5) is 0. The Morgan fingerprint density at radius 2 is 1.43 bits per heavy atom. The summed E-state index contributed by atoms with van der Waals surface area (Å²) in [6, 6.07) is 0. The normalized spacial score (nSPS) is 28.6. The molecule has 0 nitrogen and oxygen atoms in total. The van der Waals surface area contributed by atoms with Gasteiger partial charge in [0.05, 0.1) is 0 Å². The van der Waals surface area contributed by atoms with Crippen LogP contribution in [0.2, 0.25) is 0 Å². The van der Waals surface area contributed by atoms with E-state index in [0.717, 1.165) is 19.3 Å². The van der Waals surface area contributed by atoms with Crippen molar-refractivity contribution in [2.45, 2.75) is 38.5 Å². The zero-order chi connectivity index (χ0) is 9.90. The molecule has 0 atom stereocenters. The fraction of sp³-hybridized carbons (Fsp3) is 0.429. The van der Waals surface area contributed by atoms with Crippen molar-refractivity contribution >= 4 is 0 Å². The number of rotatable bonds is 0. The topological polar surface area (TPSA) is 0 Å². The monoisotopic (exact) mass is 187 g/mol. The van der Waals surface area contributed by atoms with Crippen molar-refractivity contribution < 1.29 is 0 Å². The summed E-state index contributed by atoms with van der Waals surface area (Å²) in [7, 11) is 0. The van der Waals surface area contributed by atoms with Crippen LogP contribution in [-0.2, 0) is 0 Å². The van der Waals surface area contributed by atoms with Crippen LogP contribution in [0.5, 0.6) is 0 Å². The molecule has 1 aliphatic rings. The molecule has 0 unspecified atom stereocenters. The second kappa shape index (κ2) is 8.55. The van der Waals surface area contributed by atoms with Crippen LogP contribution < -0.4 is 0 Å². The van der Waals surface area contributed by atoms with Gasteiger partial charge in [-0.15, -0.1) is 0 Å². The molecular weight excluding hydrogens is 168 g/mol. The highest BCUT2D eigenvalue weighted by Crippen LogP contribution is 2.01. The Bertz CT molecular complexity index is 204. The van der Waals surface area contributed by atoms with E-state index in [-0.39, 0.29) is 0 Å². The van der Waals surface area contributed by atoms with Gasteiger partial charge in [0, 0.05) is 0 Å². The maximum Gasteiger partial charge on any atom is -0.00978 e. The predicted octanol–water partition coefficient (Wildman–Crippen LogP) is 4.37. The van der Waals surface area contributed by atoms with Crippen molar-refractivity contribution in [3.05, 3.63) is 48.6 Å². The molecule has 0 aliphatic heterocycles. The highest BCUT2D eigenvalue weighted by molar-refractivity contribution is 4.97. The quantitative estimate of drug-likeness (QED) is 0.494. The van der Waals surface area contributed by atoms with Crippen LogP contribution in [0.25, 0.3) is 0 Å². The summed E-state index contributed by atoms with van der Waals surface area (Å²) in [6.45, 7) is 0. The summed E-state index contributed by atoms with van der Waals surface area (Å²) < 4.78 is 0. The van der Waals surface area contributed by atoms with Crippen molar-refractivity contribution in [3.63, 3.8) is 0 Å². The van der Waals surface area contributed by atoms with Crippen molar-refractivity contribution in [2.75, 3.05) is 0 Å².